The monoisotopic (exact) mass is 396 g/mol. The number of carbonyl (C=O) groups excluding carboxylic acids is 1. The van der Waals surface area contributed by atoms with Gasteiger partial charge < -0.3 is 15.6 Å². The molecule has 28 heavy (non-hydrogen) atoms. The van der Waals surface area contributed by atoms with Crippen molar-refractivity contribution in [3.8, 4) is 0 Å². The van der Waals surface area contributed by atoms with E-state index in [-0.39, 0.29) is 17.7 Å². The first-order chi connectivity index (χ1) is 13.6. The smallest absolute Gasteiger partial charge is 0.255 e. The van der Waals surface area contributed by atoms with Crippen LogP contribution < -0.4 is 10.6 Å². The highest BCUT2D eigenvalue weighted by molar-refractivity contribution is 6.31. The molecule has 0 aliphatic heterocycles. The fourth-order valence-electron chi connectivity index (χ4n) is 3.60. The number of rotatable bonds is 5. The molecule has 0 radical (unpaired) electrons. The van der Waals surface area contributed by atoms with Gasteiger partial charge in [0, 0.05) is 35.6 Å². The van der Waals surface area contributed by atoms with Crippen LogP contribution in [0.25, 0.3) is 11.2 Å². The first kappa shape index (κ1) is 18.4. The highest BCUT2D eigenvalue weighted by Gasteiger charge is 2.21. The van der Waals surface area contributed by atoms with Gasteiger partial charge in [0.1, 0.15) is 11.2 Å². The molecule has 0 saturated heterocycles. The van der Waals surface area contributed by atoms with E-state index in [0.717, 1.165) is 31.4 Å². The van der Waals surface area contributed by atoms with Crippen LogP contribution in [0, 0.1) is 5.41 Å². The molecule has 2 aromatic heterocycles. The maximum Gasteiger partial charge on any atom is 0.255 e. The Morgan fingerprint density at radius 3 is 2.82 bits per heavy atom. The minimum atomic E-state index is -0.154. The Hall–Kier alpha value is -2.93. The van der Waals surface area contributed by atoms with E-state index < -0.39 is 0 Å². The van der Waals surface area contributed by atoms with Crippen molar-refractivity contribution in [2.45, 2.75) is 31.7 Å². The number of anilines is 1. The first-order valence-corrected chi connectivity index (χ1v) is 9.66. The lowest BCUT2D eigenvalue weighted by Crippen LogP contribution is -2.32. The lowest BCUT2D eigenvalue weighted by molar-refractivity contribution is 0.0939. The van der Waals surface area contributed by atoms with Crippen molar-refractivity contribution < 1.29 is 4.79 Å². The number of nitrogens with one attached hydrogen (secondary N) is 4. The third-order valence-electron chi connectivity index (χ3n) is 5.09. The summed E-state index contributed by atoms with van der Waals surface area (Å²) in [5, 5.41) is 15.3. The number of benzene rings is 1. The van der Waals surface area contributed by atoms with Gasteiger partial charge in [-0.3, -0.25) is 10.2 Å². The van der Waals surface area contributed by atoms with E-state index >= 15 is 0 Å². The van der Waals surface area contributed by atoms with Crippen molar-refractivity contribution in [2.75, 3.05) is 12.4 Å². The van der Waals surface area contributed by atoms with Crippen LogP contribution in [-0.4, -0.2) is 39.7 Å². The van der Waals surface area contributed by atoms with Gasteiger partial charge >= 0.3 is 0 Å². The fourth-order valence-corrected chi connectivity index (χ4v) is 3.77. The Bertz CT molecular complexity index is 1050. The normalized spacial score (nSPS) is 14.4. The van der Waals surface area contributed by atoms with Gasteiger partial charge in [-0.1, -0.05) is 24.4 Å². The van der Waals surface area contributed by atoms with E-state index in [9.17, 15) is 4.79 Å². The van der Waals surface area contributed by atoms with Crippen LogP contribution in [0.15, 0.2) is 30.6 Å². The highest BCUT2D eigenvalue weighted by atomic mass is 35.5. The van der Waals surface area contributed by atoms with Crippen molar-refractivity contribution in [3.05, 3.63) is 52.4 Å². The zero-order chi connectivity index (χ0) is 19.7. The van der Waals surface area contributed by atoms with Gasteiger partial charge in [0.2, 0.25) is 0 Å². The minimum absolute atomic E-state index is 0.154. The van der Waals surface area contributed by atoms with Crippen LogP contribution in [0.1, 0.15) is 47.3 Å². The van der Waals surface area contributed by atoms with Crippen molar-refractivity contribution in [3.63, 3.8) is 0 Å². The standard InChI is InChI=1S/C20H21ClN6O/c1-23-15-8-11(21)6-7-13(15)17(22)16-10-25-19-18(27-16)14(9-24-19)20(28)26-12-4-2-3-5-12/h6-10,12,22-23H,2-5H2,1H3,(H,24,25)(H,26,28). The lowest BCUT2D eigenvalue weighted by Gasteiger charge is -2.12. The summed E-state index contributed by atoms with van der Waals surface area (Å²) in [6, 6.07) is 5.48. The summed E-state index contributed by atoms with van der Waals surface area (Å²) in [4.78, 5) is 24.6. The van der Waals surface area contributed by atoms with E-state index in [1.54, 1.807) is 31.4 Å². The van der Waals surface area contributed by atoms with Crippen LogP contribution in [0.5, 0.6) is 0 Å². The number of hydrogen-bond acceptors (Lipinski definition) is 5. The number of nitrogens with zero attached hydrogens (tertiary/aromatic N) is 2. The van der Waals surface area contributed by atoms with E-state index in [0.29, 0.717) is 33.0 Å². The van der Waals surface area contributed by atoms with Crippen molar-refractivity contribution in [1.82, 2.24) is 20.3 Å². The van der Waals surface area contributed by atoms with Crippen LogP contribution in [0.2, 0.25) is 5.02 Å². The summed E-state index contributed by atoms with van der Waals surface area (Å²) in [5.74, 6) is -0.154. The molecule has 3 aromatic rings. The molecule has 8 heteroatoms. The van der Waals surface area contributed by atoms with Crippen LogP contribution in [0.4, 0.5) is 5.69 Å². The maximum atomic E-state index is 12.7. The Balaban J connectivity index is 1.67. The molecule has 7 nitrogen and oxygen atoms in total. The van der Waals surface area contributed by atoms with Crippen LogP contribution in [-0.2, 0) is 0 Å². The van der Waals surface area contributed by atoms with Gasteiger partial charge in [-0.05, 0) is 31.0 Å². The second kappa shape index (κ2) is 7.59. The topological polar surface area (TPSA) is 107 Å². The average molecular weight is 397 g/mol. The van der Waals surface area contributed by atoms with Gasteiger partial charge in [0.05, 0.1) is 17.5 Å². The number of halogens is 1. The fraction of sp³-hybridized carbons (Fsp3) is 0.300. The summed E-state index contributed by atoms with van der Waals surface area (Å²) in [5.41, 5.74) is 3.44. The van der Waals surface area contributed by atoms with E-state index in [2.05, 4.69) is 25.6 Å². The Kier molecular flexibility index (Phi) is 5.00. The molecule has 1 aliphatic carbocycles. The molecule has 144 valence electrons. The molecule has 0 spiro atoms. The average Bonchev–Trinajstić information content (AvgIpc) is 3.36. The molecule has 1 saturated carbocycles. The molecule has 0 bridgehead atoms. The largest absolute Gasteiger partial charge is 0.388 e. The van der Waals surface area contributed by atoms with Crippen LogP contribution in [0.3, 0.4) is 0 Å². The highest BCUT2D eigenvalue weighted by Crippen LogP contribution is 2.24. The lowest BCUT2D eigenvalue weighted by atomic mass is 10.1. The zero-order valence-electron chi connectivity index (χ0n) is 15.5. The summed E-state index contributed by atoms with van der Waals surface area (Å²) in [6.45, 7) is 0. The summed E-state index contributed by atoms with van der Waals surface area (Å²) in [6.07, 6.45) is 7.49. The SMILES string of the molecule is CNc1cc(Cl)ccc1C(=N)c1cnc2[nH]cc(C(=O)NC3CCCC3)c2n1. The zero-order valence-corrected chi connectivity index (χ0v) is 16.2. The second-order valence-electron chi connectivity index (χ2n) is 6.92. The number of amides is 1. The Morgan fingerprint density at radius 1 is 1.29 bits per heavy atom. The quantitative estimate of drug-likeness (QED) is 0.493. The first-order valence-electron chi connectivity index (χ1n) is 9.28. The Morgan fingerprint density at radius 2 is 2.07 bits per heavy atom. The molecule has 4 N–H and O–H groups in total. The van der Waals surface area contributed by atoms with E-state index in [1.165, 1.54) is 6.20 Å². The number of H-pyrrole nitrogens is 1. The molecule has 1 aliphatic rings. The van der Waals surface area contributed by atoms with Gasteiger partial charge in [0.15, 0.2) is 5.65 Å². The van der Waals surface area contributed by atoms with E-state index in [4.69, 9.17) is 17.0 Å². The van der Waals surface area contributed by atoms with Gasteiger partial charge in [-0.15, -0.1) is 0 Å². The molecule has 2 heterocycles. The van der Waals surface area contributed by atoms with Crippen molar-refractivity contribution in [1.29, 1.82) is 5.41 Å². The third kappa shape index (κ3) is 3.45. The molecule has 1 amide bonds. The maximum absolute atomic E-state index is 12.7. The molecular weight excluding hydrogens is 376 g/mol. The van der Waals surface area contributed by atoms with Crippen LogP contribution >= 0.6 is 11.6 Å². The predicted molar refractivity (Wildman–Crippen MR) is 111 cm³/mol. The number of hydrogen-bond donors (Lipinski definition) is 4. The molecular formula is C20H21ClN6O. The minimum Gasteiger partial charge on any atom is -0.388 e. The number of aromatic nitrogens is 3. The van der Waals surface area contributed by atoms with Crippen molar-refractivity contribution in [2.24, 2.45) is 0 Å². The number of carbonyl (C=O) groups is 1. The van der Waals surface area contributed by atoms with E-state index in [1.807, 2.05) is 0 Å². The molecule has 0 atom stereocenters. The van der Waals surface area contributed by atoms with Gasteiger partial charge in [-0.25, -0.2) is 9.97 Å². The number of aromatic amines is 1. The van der Waals surface area contributed by atoms with Gasteiger partial charge in [-0.2, -0.15) is 0 Å². The summed E-state index contributed by atoms with van der Waals surface area (Å²) < 4.78 is 0. The molecule has 0 unspecified atom stereocenters. The van der Waals surface area contributed by atoms with Gasteiger partial charge in [0.25, 0.3) is 5.91 Å². The number of fused-ring (bicyclic) bond motifs is 1. The summed E-state index contributed by atoms with van der Waals surface area (Å²) >= 11 is 6.05. The third-order valence-corrected chi connectivity index (χ3v) is 5.33. The second-order valence-corrected chi connectivity index (χ2v) is 7.36. The molecule has 4 rings (SSSR count). The molecule has 1 aromatic carbocycles. The molecule has 1 fully saturated rings. The predicted octanol–water partition coefficient (Wildman–Crippen LogP) is 3.74. The Labute approximate surface area is 167 Å². The summed E-state index contributed by atoms with van der Waals surface area (Å²) in [7, 11) is 1.77. The van der Waals surface area contributed by atoms with Crippen molar-refractivity contribution >= 4 is 40.1 Å².